The van der Waals surface area contributed by atoms with Gasteiger partial charge < -0.3 is 0 Å². The van der Waals surface area contributed by atoms with Gasteiger partial charge in [-0.25, -0.2) is 0 Å². The standard InChI is InChI=1S/C8H6BrNO2/c9-4-1-2-5-6(3-4)8(12)10-7(5)11/h1-3,5-6H,(H,10,11,12). The van der Waals surface area contributed by atoms with Crippen molar-refractivity contribution < 1.29 is 9.59 Å². The molecular formula is C8H6BrNO2. The summed E-state index contributed by atoms with van der Waals surface area (Å²) in [6.45, 7) is 0. The highest BCUT2D eigenvalue weighted by molar-refractivity contribution is 9.11. The Hall–Kier alpha value is -0.900. The third-order valence-electron chi connectivity index (χ3n) is 2.04. The SMILES string of the molecule is O=C1NC(=O)C2C=C(Br)C=CC12. The molecule has 0 spiro atoms. The van der Waals surface area contributed by atoms with Crippen molar-refractivity contribution in [3.63, 3.8) is 0 Å². The number of amides is 2. The minimum Gasteiger partial charge on any atom is -0.295 e. The molecular weight excluding hydrogens is 222 g/mol. The molecule has 0 aromatic carbocycles. The van der Waals surface area contributed by atoms with Gasteiger partial charge >= 0.3 is 0 Å². The molecule has 0 bridgehead atoms. The van der Waals surface area contributed by atoms with E-state index in [1.807, 2.05) is 0 Å². The van der Waals surface area contributed by atoms with Crippen molar-refractivity contribution in [2.24, 2.45) is 11.8 Å². The van der Waals surface area contributed by atoms with E-state index in [-0.39, 0.29) is 23.7 Å². The average molecular weight is 228 g/mol. The monoisotopic (exact) mass is 227 g/mol. The summed E-state index contributed by atoms with van der Waals surface area (Å²) in [7, 11) is 0. The summed E-state index contributed by atoms with van der Waals surface area (Å²) in [5.41, 5.74) is 0. The van der Waals surface area contributed by atoms with Crippen LogP contribution in [0.15, 0.2) is 22.7 Å². The second kappa shape index (κ2) is 2.55. The predicted molar refractivity (Wildman–Crippen MR) is 46.3 cm³/mol. The van der Waals surface area contributed by atoms with Gasteiger partial charge in [0.15, 0.2) is 0 Å². The molecule has 3 nitrogen and oxygen atoms in total. The van der Waals surface area contributed by atoms with E-state index in [9.17, 15) is 9.59 Å². The number of carbonyl (C=O) groups excluding carboxylic acids is 2. The lowest BCUT2D eigenvalue weighted by atomic mass is 9.91. The molecule has 0 saturated carbocycles. The summed E-state index contributed by atoms with van der Waals surface area (Å²) < 4.78 is 0.855. The number of rotatable bonds is 0. The molecule has 2 aliphatic rings. The number of nitrogens with one attached hydrogen (secondary N) is 1. The average Bonchev–Trinajstić information content (AvgIpc) is 2.28. The van der Waals surface area contributed by atoms with E-state index in [2.05, 4.69) is 21.2 Å². The van der Waals surface area contributed by atoms with E-state index in [4.69, 9.17) is 0 Å². The number of hydrogen-bond acceptors (Lipinski definition) is 2. The molecule has 0 aromatic heterocycles. The van der Waals surface area contributed by atoms with Crippen molar-refractivity contribution in [1.82, 2.24) is 5.32 Å². The molecule has 2 amide bonds. The topological polar surface area (TPSA) is 46.2 Å². The molecule has 1 aliphatic carbocycles. The van der Waals surface area contributed by atoms with Gasteiger partial charge in [0, 0.05) is 4.48 Å². The van der Waals surface area contributed by atoms with Crippen LogP contribution in [0.5, 0.6) is 0 Å². The Morgan fingerprint density at radius 3 is 2.67 bits per heavy atom. The zero-order chi connectivity index (χ0) is 8.72. The van der Waals surface area contributed by atoms with Crippen LogP contribution >= 0.6 is 15.9 Å². The third-order valence-corrected chi connectivity index (χ3v) is 2.57. The highest BCUT2D eigenvalue weighted by Gasteiger charge is 2.39. The number of allylic oxidation sites excluding steroid dienone is 2. The highest BCUT2D eigenvalue weighted by Crippen LogP contribution is 2.29. The maximum absolute atomic E-state index is 11.1. The zero-order valence-corrected chi connectivity index (χ0v) is 7.67. The van der Waals surface area contributed by atoms with Crippen LogP contribution in [-0.4, -0.2) is 11.8 Å². The van der Waals surface area contributed by atoms with E-state index in [0.29, 0.717) is 0 Å². The molecule has 0 radical (unpaired) electrons. The van der Waals surface area contributed by atoms with E-state index < -0.39 is 0 Å². The number of hydrogen-bond donors (Lipinski definition) is 1. The summed E-state index contributed by atoms with van der Waals surface area (Å²) >= 11 is 3.26. The maximum Gasteiger partial charge on any atom is 0.234 e. The van der Waals surface area contributed by atoms with Crippen molar-refractivity contribution in [1.29, 1.82) is 0 Å². The largest absolute Gasteiger partial charge is 0.295 e. The summed E-state index contributed by atoms with van der Waals surface area (Å²) in [4.78, 5) is 22.2. The van der Waals surface area contributed by atoms with Crippen molar-refractivity contribution in [3.8, 4) is 0 Å². The number of imide groups is 1. The third kappa shape index (κ3) is 1.03. The first-order valence-electron chi connectivity index (χ1n) is 3.59. The lowest BCUT2D eigenvalue weighted by Crippen LogP contribution is -2.21. The Bertz CT molecular complexity index is 319. The molecule has 1 heterocycles. The van der Waals surface area contributed by atoms with Crippen LogP contribution in [0.4, 0.5) is 0 Å². The van der Waals surface area contributed by atoms with Crippen LogP contribution < -0.4 is 5.32 Å². The Morgan fingerprint density at radius 2 is 1.92 bits per heavy atom. The second-order valence-electron chi connectivity index (χ2n) is 2.82. The number of fused-ring (bicyclic) bond motifs is 1. The molecule has 1 fully saturated rings. The zero-order valence-electron chi connectivity index (χ0n) is 6.08. The van der Waals surface area contributed by atoms with Crippen molar-refractivity contribution in [2.75, 3.05) is 0 Å². The van der Waals surface area contributed by atoms with Gasteiger partial charge in [0.05, 0.1) is 11.8 Å². The van der Waals surface area contributed by atoms with E-state index in [1.165, 1.54) is 0 Å². The van der Waals surface area contributed by atoms with Crippen molar-refractivity contribution in [3.05, 3.63) is 22.7 Å². The van der Waals surface area contributed by atoms with Crippen LogP contribution in [-0.2, 0) is 9.59 Å². The highest BCUT2D eigenvalue weighted by atomic mass is 79.9. The summed E-state index contributed by atoms with van der Waals surface area (Å²) in [5.74, 6) is -1.00. The summed E-state index contributed by atoms with van der Waals surface area (Å²) in [5, 5.41) is 2.28. The lowest BCUT2D eigenvalue weighted by molar-refractivity contribution is -0.125. The number of halogens is 1. The molecule has 1 N–H and O–H groups in total. The fourth-order valence-corrected chi connectivity index (χ4v) is 1.86. The van der Waals surface area contributed by atoms with Crippen LogP contribution in [0.3, 0.4) is 0 Å². The van der Waals surface area contributed by atoms with Gasteiger partial charge in [-0.2, -0.15) is 0 Å². The Morgan fingerprint density at radius 1 is 1.25 bits per heavy atom. The Labute approximate surface area is 77.6 Å². The van der Waals surface area contributed by atoms with Crippen LogP contribution in [0, 0.1) is 11.8 Å². The summed E-state index contributed by atoms with van der Waals surface area (Å²) in [6.07, 6.45) is 5.29. The lowest BCUT2D eigenvalue weighted by Gasteiger charge is -2.11. The van der Waals surface area contributed by atoms with Gasteiger partial charge in [-0.1, -0.05) is 34.2 Å². The van der Waals surface area contributed by atoms with Crippen LogP contribution in [0.2, 0.25) is 0 Å². The molecule has 1 saturated heterocycles. The Kier molecular flexibility index (Phi) is 1.65. The van der Waals surface area contributed by atoms with Gasteiger partial charge in [0.25, 0.3) is 0 Å². The molecule has 1 aliphatic heterocycles. The number of carbonyl (C=O) groups is 2. The fraction of sp³-hybridized carbons (Fsp3) is 0.250. The van der Waals surface area contributed by atoms with Gasteiger partial charge in [0.1, 0.15) is 0 Å². The second-order valence-corrected chi connectivity index (χ2v) is 3.73. The normalized spacial score (nSPS) is 32.9. The first-order valence-corrected chi connectivity index (χ1v) is 4.38. The van der Waals surface area contributed by atoms with E-state index in [1.54, 1.807) is 18.2 Å². The molecule has 12 heavy (non-hydrogen) atoms. The van der Waals surface area contributed by atoms with Gasteiger partial charge in [-0.05, 0) is 0 Å². The smallest absolute Gasteiger partial charge is 0.234 e. The Balaban J connectivity index is 2.37. The van der Waals surface area contributed by atoms with Gasteiger partial charge in [-0.3, -0.25) is 14.9 Å². The van der Waals surface area contributed by atoms with Crippen LogP contribution in [0.1, 0.15) is 0 Å². The quantitative estimate of drug-likeness (QED) is 0.621. The van der Waals surface area contributed by atoms with E-state index >= 15 is 0 Å². The van der Waals surface area contributed by atoms with Crippen LogP contribution in [0.25, 0.3) is 0 Å². The molecule has 0 aromatic rings. The first-order chi connectivity index (χ1) is 5.68. The fourth-order valence-electron chi connectivity index (χ4n) is 1.42. The van der Waals surface area contributed by atoms with Crippen molar-refractivity contribution >= 4 is 27.7 Å². The van der Waals surface area contributed by atoms with Gasteiger partial charge in [-0.15, -0.1) is 0 Å². The minimum absolute atomic E-state index is 0.197. The summed E-state index contributed by atoms with van der Waals surface area (Å²) in [6, 6.07) is 0. The van der Waals surface area contributed by atoms with Crippen molar-refractivity contribution in [2.45, 2.75) is 0 Å². The molecule has 4 heteroatoms. The minimum atomic E-state index is -0.308. The molecule has 2 atom stereocenters. The molecule has 2 rings (SSSR count). The maximum atomic E-state index is 11.1. The van der Waals surface area contributed by atoms with Gasteiger partial charge in [0.2, 0.25) is 11.8 Å². The molecule has 62 valence electrons. The predicted octanol–water partition coefficient (Wildman–Crippen LogP) is 0.724. The van der Waals surface area contributed by atoms with E-state index in [0.717, 1.165) is 4.48 Å². The first kappa shape index (κ1) is 7.73. The molecule has 2 unspecified atom stereocenters.